The number of carboxylic acid groups (broad SMARTS) is 1. The Morgan fingerprint density at radius 3 is 2.38 bits per heavy atom. The van der Waals surface area contributed by atoms with Gasteiger partial charge in [0.2, 0.25) is 0 Å². The predicted octanol–water partition coefficient (Wildman–Crippen LogP) is -0.824. The number of benzene rings is 2. The zero-order valence-electron chi connectivity index (χ0n) is 13.6. The van der Waals surface area contributed by atoms with Gasteiger partial charge >= 0.3 is 29.6 Å². The molecule has 0 saturated carbocycles. The zero-order chi connectivity index (χ0) is 17.0. The van der Waals surface area contributed by atoms with Gasteiger partial charge in [-0.3, -0.25) is 0 Å². The standard InChI is InChI=1S/C18H17F2NO2.Na/c1-11-2-4-12(5-3-11)14(8-9-17(21)18(22)23)15-7-6-13(19)10-16(15)20;/h2-8,10,17H,9,21H2,1H3,(H,22,23);/q;+1/p-1/b14-8+;. The van der Waals surface area contributed by atoms with Gasteiger partial charge < -0.3 is 15.6 Å². The molecule has 0 amide bonds. The van der Waals surface area contributed by atoms with Gasteiger partial charge in [0.15, 0.2) is 0 Å². The second-order valence-corrected chi connectivity index (χ2v) is 5.27. The third-order valence-corrected chi connectivity index (χ3v) is 3.46. The fourth-order valence-electron chi connectivity index (χ4n) is 2.17. The smallest absolute Gasteiger partial charge is 0.548 e. The van der Waals surface area contributed by atoms with Gasteiger partial charge in [-0.15, -0.1) is 0 Å². The molecule has 0 bridgehead atoms. The molecule has 2 aromatic carbocycles. The molecule has 0 spiro atoms. The van der Waals surface area contributed by atoms with Crippen LogP contribution >= 0.6 is 0 Å². The number of carbonyl (C=O) groups excluding carboxylic acids is 1. The number of aryl methyl sites for hydroxylation is 1. The van der Waals surface area contributed by atoms with Crippen molar-refractivity contribution in [3.05, 3.63) is 76.9 Å². The van der Waals surface area contributed by atoms with E-state index >= 15 is 0 Å². The maximum Gasteiger partial charge on any atom is 1.00 e. The van der Waals surface area contributed by atoms with Crippen LogP contribution in [0.4, 0.5) is 8.78 Å². The Hall–Kier alpha value is -1.53. The van der Waals surface area contributed by atoms with Crippen molar-refractivity contribution in [2.24, 2.45) is 5.73 Å². The minimum atomic E-state index is -1.39. The van der Waals surface area contributed by atoms with Gasteiger partial charge in [0, 0.05) is 17.7 Å². The second-order valence-electron chi connectivity index (χ2n) is 5.27. The summed E-state index contributed by atoms with van der Waals surface area (Å²) in [6, 6.07) is 9.34. The summed E-state index contributed by atoms with van der Waals surface area (Å²) in [7, 11) is 0. The fraction of sp³-hybridized carbons (Fsp3) is 0.167. The molecule has 0 saturated heterocycles. The van der Waals surface area contributed by atoms with Crippen molar-refractivity contribution in [1.82, 2.24) is 0 Å². The number of aliphatic carboxylic acids is 1. The van der Waals surface area contributed by atoms with Gasteiger partial charge in [-0.1, -0.05) is 35.9 Å². The van der Waals surface area contributed by atoms with E-state index < -0.39 is 23.6 Å². The molecule has 2 N–H and O–H groups in total. The van der Waals surface area contributed by atoms with Crippen LogP contribution in [0.1, 0.15) is 23.1 Å². The number of hydrogen-bond acceptors (Lipinski definition) is 3. The third-order valence-electron chi connectivity index (χ3n) is 3.46. The second kappa shape index (κ2) is 9.08. The summed E-state index contributed by atoms with van der Waals surface area (Å²) in [4.78, 5) is 10.8. The Kier molecular flexibility index (Phi) is 7.76. The summed E-state index contributed by atoms with van der Waals surface area (Å²) >= 11 is 0. The van der Waals surface area contributed by atoms with E-state index in [1.54, 1.807) is 12.1 Å². The molecule has 0 heterocycles. The van der Waals surface area contributed by atoms with Crippen LogP contribution in [0.3, 0.4) is 0 Å². The van der Waals surface area contributed by atoms with Gasteiger partial charge in [-0.2, -0.15) is 0 Å². The quantitative estimate of drug-likeness (QED) is 0.724. The van der Waals surface area contributed by atoms with Crippen LogP contribution in [-0.4, -0.2) is 12.0 Å². The van der Waals surface area contributed by atoms with Gasteiger partial charge in [0.1, 0.15) is 11.6 Å². The molecule has 1 unspecified atom stereocenters. The van der Waals surface area contributed by atoms with E-state index in [9.17, 15) is 18.7 Å². The van der Waals surface area contributed by atoms with E-state index in [0.717, 1.165) is 17.7 Å². The molecule has 6 heteroatoms. The van der Waals surface area contributed by atoms with Crippen LogP contribution in [0.15, 0.2) is 48.5 Å². The summed E-state index contributed by atoms with van der Waals surface area (Å²) in [6.45, 7) is 1.91. The Bertz CT molecular complexity index is 745. The Balaban J connectivity index is 0.00000288. The molecule has 0 fully saturated rings. The minimum Gasteiger partial charge on any atom is -0.548 e. The molecule has 0 radical (unpaired) electrons. The first-order valence-electron chi connectivity index (χ1n) is 7.07. The van der Waals surface area contributed by atoms with E-state index in [0.29, 0.717) is 11.1 Å². The zero-order valence-corrected chi connectivity index (χ0v) is 15.6. The molecule has 0 aliphatic rings. The Labute approximate surface area is 161 Å². The first-order valence-corrected chi connectivity index (χ1v) is 7.07. The number of rotatable bonds is 5. The Morgan fingerprint density at radius 2 is 1.83 bits per heavy atom. The normalized spacial score (nSPS) is 12.4. The molecule has 120 valence electrons. The van der Waals surface area contributed by atoms with Crippen LogP contribution in [0.25, 0.3) is 5.57 Å². The fourth-order valence-corrected chi connectivity index (χ4v) is 2.17. The molecule has 0 aliphatic carbocycles. The number of halogens is 2. The molecule has 3 nitrogen and oxygen atoms in total. The van der Waals surface area contributed by atoms with Crippen LogP contribution in [-0.2, 0) is 4.79 Å². The maximum absolute atomic E-state index is 14.1. The van der Waals surface area contributed by atoms with Crippen molar-refractivity contribution in [3.63, 3.8) is 0 Å². The predicted molar refractivity (Wildman–Crippen MR) is 82.2 cm³/mol. The van der Waals surface area contributed by atoms with Crippen molar-refractivity contribution >= 4 is 11.5 Å². The number of carbonyl (C=O) groups is 1. The number of nitrogens with two attached hydrogens (primary N) is 1. The minimum absolute atomic E-state index is 0. The summed E-state index contributed by atoms with van der Waals surface area (Å²) in [5.74, 6) is -2.79. The van der Waals surface area contributed by atoms with E-state index in [2.05, 4.69) is 0 Å². The van der Waals surface area contributed by atoms with E-state index in [-0.39, 0.29) is 41.5 Å². The van der Waals surface area contributed by atoms with Crippen molar-refractivity contribution in [2.45, 2.75) is 19.4 Å². The summed E-state index contributed by atoms with van der Waals surface area (Å²) < 4.78 is 27.2. The Morgan fingerprint density at radius 1 is 1.21 bits per heavy atom. The van der Waals surface area contributed by atoms with E-state index in [4.69, 9.17) is 5.73 Å². The molecular formula is C18H16F2NNaO2. The van der Waals surface area contributed by atoms with Crippen LogP contribution in [0.5, 0.6) is 0 Å². The summed E-state index contributed by atoms with van der Waals surface area (Å²) in [5, 5.41) is 10.8. The van der Waals surface area contributed by atoms with Gasteiger partial charge in [-0.25, -0.2) is 8.78 Å². The molecule has 24 heavy (non-hydrogen) atoms. The van der Waals surface area contributed by atoms with E-state index in [1.807, 2.05) is 19.1 Å². The first kappa shape index (κ1) is 20.5. The molecule has 0 aromatic heterocycles. The van der Waals surface area contributed by atoms with Crippen LogP contribution < -0.4 is 40.4 Å². The average molecular weight is 339 g/mol. The van der Waals surface area contributed by atoms with Crippen molar-refractivity contribution in [3.8, 4) is 0 Å². The van der Waals surface area contributed by atoms with Crippen molar-refractivity contribution < 1.29 is 48.2 Å². The van der Waals surface area contributed by atoms with E-state index in [1.165, 1.54) is 12.1 Å². The topological polar surface area (TPSA) is 66.2 Å². The van der Waals surface area contributed by atoms with Gasteiger partial charge in [0.05, 0.1) is 5.97 Å². The molecule has 1 atom stereocenters. The maximum atomic E-state index is 14.1. The molecule has 2 aromatic rings. The largest absolute Gasteiger partial charge is 1.00 e. The molecule has 0 aliphatic heterocycles. The summed E-state index contributed by atoms with van der Waals surface area (Å²) in [5.41, 5.74) is 7.80. The molecule has 2 rings (SSSR count). The van der Waals surface area contributed by atoms with Crippen LogP contribution in [0, 0.1) is 18.6 Å². The average Bonchev–Trinajstić information content (AvgIpc) is 2.50. The molecular weight excluding hydrogens is 323 g/mol. The third kappa shape index (κ3) is 5.24. The SMILES string of the molecule is Cc1ccc(/C(=C\CC(N)C(=O)[O-])c2ccc(F)cc2F)cc1.[Na+]. The van der Waals surface area contributed by atoms with Crippen molar-refractivity contribution in [1.29, 1.82) is 0 Å². The summed E-state index contributed by atoms with van der Waals surface area (Å²) in [6.07, 6.45) is 1.50. The van der Waals surface area contributed by atoms with Crippen molar-refractivity contribution in [2.75, 3.05) is 0 Å². The van der Waals surface area contributed by atoms with Gasteiger partial charge in [0.25, 0.3) is 0 Å². The number of hydrogen-bond donors (Lipinski definition) is 1. The van der Waals surface area contributed by atoms with Gasteiger partial charge in [-0.05, 0) is 36.6 Å². The number of carboxylic acids is 1. The van der Waals surface area contributed by atoms with Crippen LogP contribution in [0.2, 0.25) is 0 Å². The first-order chi connectivity index (χ1) is 10.9. The monoisotopic (exact) mass is 339 g/mol.